The minimum atomic E-state index is -0.978. The molecule has 0 unspecified atom stereocenters. The van der Waals surface area contributed by atoms with Gasteiger partial charge in [0, 0.05) is 55.8 Å². The van der Waals surface area contributed by atoms with E-state index in [9.17, 15) is 22.8 Å². The van der Waals surface area contributed by atoms with Crippen molar-refractivity contribution < 1.29 is 22.8 Å². The van der Waals surface area contributed by atoms with Crippen LogP contribution >= 0.6 is 0 Å². The summed E-state index contributed by atoms with van der Waals surface area (Å²) in [6.45, 7) is 8.01. The second-order valence-electron chi connectivity index (χ2n) is 10.1. The van der Waals surface area contributed by atoms with E-state index in [1.54, 1.807) is 41.6 Å². The average Bonchev–Trinajstić information content (AvgIpc) is 3.57. The Bertz CT molecular complexity index is 1710. The Morgan fingerprint density at radius 2 is 1.68 bits per heavy atom. The van der Waals surface area contributed by atoms with E-state index in [1.165, 1.54) is 22.9 Å². The molecule has 206 valence electrons. The van der Waals surface area contributed by atoms with Crippen molar-refractivity contribution in [2.45, 2.75) is 24.8 Å². The van der Waals surface area contributed by atoms with Crippen LogP contribution in [0.2, 0.25) is 0 Å². The van der Waals surface area contributed by atoms with Crippen molar-refractivity contribution in [1.29, 1.82) is 0 Å². The van der Waals surface area contributed by atoms with Crippen LogP contribution < -0.4 is 4.90 Å². The molecule has 11 heteroatoms. The van der Waals surface area contributed by atoms with Gasteiger partial charge < -0.3 is 9.80 Å². The van der Waals surface area contributed by atoms with Gasteiger partial charge in [0.2, 0.25) is 5.69 Å². The van der Waals surface area contributed by atoms with E-state index < -0.39 is 23.0 Å². The number of halogens is 3. The number of ketones is 1. The number of anilines is 1. The lowest BCUT2D eigenvalue weighted by atomic mass is 9.83. The van der Waals surface area contributed by atoms with E-state index in [4.69, 9.17) is 6.57 Å². The first-order valence-corrected chi connectivity index (χ1v) is 13.0. The first kappa shape index (κ1) is 26.3. The highest BCUT2D eigenvalue weighted by molar-refractivity contribution is 5.97. The third-order valence-corrected chi connectivity index (χ3v) is 7.87. The summed E-state index contributed by atoms with van der Waals surface area (Å²) in [7, 11) is 0. The van der Waals surface area contributed by atoms with Crippen LogP contribution in [0.4, 0.5) is 24.5 Å². The van der Waals surface area contributed by atoms with Crippen LogP contribution in [0.25, 0.3) is 21.8 Å². The molecule has 6 rings (SSSR count). The number of nitrogens with zero attached hydrogens (tertiary/aromatic N) is 6. The van der Waals surface area contributed by atoms with E-state index in [1.807, 2.05) is 4.90 Å². The molecule has 0 bridgehead atoms. The number of hydrogen-bond donors (Lipinski definition) is 0. The van der Waals surface area contributed by atoms with Crippen LogP contribution in [0.1, 0.15) is 29.8 Å². The number of piperidine rings is 1. The highest BCUT2D eigenvalue weighted by atomic mass is 19.2. The smallest absolute Gasteiger partial charge is 0.274 e. The Morgan fingerprint density at radius 1 is 0.927 bits per heavy atom. The summed E-state index contributed by atoms with van der Waals surface area (Å²) in [4.78, 5) is 37.5. The highest BCUT2D eigenvalue weighted by Crippen LogP contribution is 2.40. The second-order valence-corrected chi connectivity index (χ2v) is 10.1. The summed E-state index contributed by atoms with van der Waals surface area (Å²) in [6, 6.07) is 12.9. The first-order valence-electron chi connectivity index (χ1n) is 13.0. The molecular weight excluding hydrogens is 533 g/mol. The Morgan fingerprint density at radius 3 is 2.37 bits per heavy atom. The number of carbonyl (C=O) groups is 2. The predicted molar refractivity (Wildman–Crippen MR) is 144 cm³/mol. The molecule has 0 N–H and O–H groups in total. The second kappa shape index (κ2) is 10.2. The summed E-state index contributed by atoms with van der Waals surface area (Å²) in [5.41, 5.74) is 1.05. The molecule has 0 aliphatic carbocycles. The van der Waals surface area contributed by atoms with E-state index in [0.29, 0.717) is 42.0 Å². The van der Waals surface area contributed by atoms with Gasteiger partial charge in [-0.15, -0.1) is 0 Å². The SMILES string of the molecule is [C-]#[N+]c1ccc(-n2nc(C(=O)N3CCC4(CC3)C(=O)CCN4c3ccc(F)c(F)c3)cc2-c2cccnc2)cc1F. The fourth-order valence-corrected chi connectivity index (χ4v) is 5.75. The maximum atomic E-state index is 14.5. The van der Waals surface area contributed by atoms with E-state index in [0.717, 1.165) is 12.1 Å². The molecule has 0 atom stereocenters. The molecule has 2 fully saturated rings. The van der Waals surface area contributed by atoms with Crippen LogP contribution in [-0.2, 0) is 4.79 Å². The van der Waals surface area contributed by atoms with Crippen molar-refractivity contribution in [3.05, 3.63) is 102 Å². The summed E-state index contributed by atoms with van der Waals surface area (Å²) in [5, 5.41) is 4.51. The lowest BCUT2D eigenvalue weighted by Gasteiger charge is -2.44. The zero-order valence-electron chi connectivity index (χ0n) is 21.7. The maximum Gasteiger partial charge on any atom is 0.274 e. The van der Waals surface area contributed by atoms with E-state index in [2.05, 4.69) is 14.9 Å². The summed E-state index contributed by atoms with van der Waals surface area (Å²) in [5.74, 6) is -2.97. The number of aromatic nitrogens is 3. The largest absolute Gasteiger partial charge is 0.358 e. The minimum absolute atomic E-state index is 0.0161. The number of pyridine rings is 1. The third-order valence-electron chi connectivity index (χ3n) is 7.87. The Hall–Kier alpha value is -4.98. The van der Waals surface area contributed by atoms with Crippen molar-refractivity contribution in [1.82, 2.24) is 19.7 Å². The van der Waals surface area contributed by atoms with Gasteiger partial charge in [0.1, 0.15) is 11.4 Å². The molecule has 2 saturated heterocycles. The normalized spacial score (nSPS) is 16.3. The fraction of sp³-hybridized carbons (Fsp3) is 0.233. The molecule has 2 aliphatic rings. The zero-order valence-corrected chi connectivity index (χ0v) is 21.7. The number of carbonyl (C=O) groups excluding carboxylic acids is 2. The summed E-state index contributed by atoms with van der Waals surface area (Å²) in [6.07, 6.45) is 4.16. The highest BCUT2D eigenvalue weighted by Gasteiger charge is 2.50. The van der Waals surface area contributed by atoms with Gasteiger partial charge >= 0.3 is 0 Å². The van der Waals surface area contributed by atoms with Crippen LogP contribution in [0, 0.1) is 24.0 Å². The fourth-order valence-electron chi connectivity index (χ4n) is 5.75. The molecular formula is C30H23F3N6O2. The number of rotatable bonds is 4. The molecule has 4 aromatic rings. The average molecular weight is 557 g/mol. The molecule has 0 radical (unpaired) electrons. The van der Waals surface area contributed by atoms with Crippen LogP contribution in [-0.4, -0.2) is 56.5 Å². The molecule has 0 saturated carbocycles. The van der Waals surface area contributed by atoms with Gasteiger partial charge in [0.05, 0.1) is 18.0 Å². The summed E-state index contributed by atoms with van der Waals surface area (Å²) < 4.78 is 43.5. The van der Waals surface area contributed by atoms with E-state index in [-0.39, 0.29) is 42.6 Å². The van der Waals surface area contributed by atoms with Crippen LogP contribution in [0.3, 0.4) is 0 Å². The number of hydrogen-bond acceptors (Lipinski definition) is 5. The zero-order chi connectivity index (χ0) is 28.7. The van der Waals surface area contributed by atoms with E-state index >= 15 is 0 Å². The third kappa shape index (κ3) is 4.51. The molecule has 2 aromatic carbocycles. The standard InChI is InChI=1S/C30H23F3N6O2/c1-34-25-7-5-21(16-24(25)33)39-27(19-3-2-11-35-18-19)17-26(36-39)29(41)37-13-9-30(10-14-37)28(40)8-12-38(30)20-4-6-22(31)23(32)15-20/h2-7,11,15-18H,8-10,12-14H2. The van der Waals surface area contributed by atoms with Gasteiger partial charge in [0.15, 0.2) is 23.1 Å². The number of likely N-dealkylation sites (tertiary alicyclic amines) is 1. The molecule has 2 aliphatic heterocycles. The molecule has 1 amide bonds. The van der Waals surface area contributed by atoms with Crippen LogP contribution in [0.5, 0.6) is 0 Å². The van der Waals surface area contributed by atoms with Crippen molar-refractivity contribution in [2.75, 3.05) is 24.5 Å². The van der Waals surface area contributed by atoms with Crippen molar-refractivity contribution in [3.63, 3.8) is 0 Å². The van der Waals surface area contributed by atoms with Gasteiger partial charge in [-0.1, -0.05) is 6.07 Å². The lowest BCUT2D eigenvalue weighted by molar-refractivity contribution is -0.123. The Kier molecular flexibility index (Phi) is 6.53. The van der Waals surface area contributed by atoms with Crippen molar-refractivity contribution in [3.8, 4) is 16.9 Å². The van der Waals surface area contributed by atoms with Gasteiger partial charge in [0.25, 0.3) is 5.91 Å². The quantitative estimate of drug-likeness (QED) is 0.317. The van der Waals surface area contributed by atoms with Crippen molar-refractivity contribution in [2.24, 2.45) is 0 Å². The maximum absolute atomic E-state index is 14.5. The predicted octanol–water partition coefficient (Wildman–Crippen LogP) is 5.36. The molecule has 41 heavy (non-hydrogen) atoms. The molecule has 1 spiro atoms. The molecule has 4 heterocycles. The van der Waals surface area contributed by atoms with Crippen LogP contribution in [0.15, 0.2) is 67.0 Å². The van der Waals surface area contributed by atoms with Gasteiger partial charge in [-0.25, -0.2) is 22.7 Å². The van der Waals surface area contributed by atoms with Gasteiger partial charge in [-0.05, 0) is 55.3 Å². The monoisotopic (exact) mass is 556 g/mol. The molecule has 8 nitrogen and oxygen atoms in total. The topological polar surface area (TPSA) is 75.7 Å². The Labute approximate surface area is 233 Å². The number of benzene rings is 2. The van der Waals surface area contributed by atoms with Crippen molar-refractivity contribution >= 4 is 23.1 Å². The molecule has 2 aromatic heterocycles. The van der Waals surface area contributed by atoms with Gasteiger partial charge in [-0.3, -0.25) is 14.6 Å². The number of amides is 1. The first-order chi connectivity index (χ1) is 19.8. The minimum Gasteiger partial charge on any atom is -0.358 e. The Balaban J connectivity index is 1.28. The van der Waals surface area contributed by atoms with Gasteiger partial charge in [-0.2, -0.15) is 5.10 Å². The lowest BCUT2D eigenvalue weighted by Crippen LogP contribution is -2.56. The summed E-state index contributed by atoms with van der Waals surface area (Å²) >= 11 is 0. The number of Topliss-reactive ketones (excluding diaryl/α,β-unsaturated/α-hetero) is 1.